The van der Waals surface area contributed by atoms with Gasteiger partial charge in [-0.05, 0) is 30.3 Å². The van der Waals surface area contributed by atoms with E-state index in [9.17, 15) is 9.59 Å². The molecule has 6 nitrogen and oxygen atoms in total. The monoisotopic (exact) mass is 422 g/mol. The van der Waals surface area contributed by atoms with E-state index in [0.717, 1.165) is 33.8 Å². The average molecular weight is 422 g/mol. The number of rotatable bonds is 5. The quantitative estimate of drug-likeness (QED) is 0.451. The zero-order chi connectivity index (χ0) is 22.5. The Bertz CT molecular complexity index is 1270. The minimum Gasteiger partial charge on any atom is -0.326 e. The van der Waals surface area contributed by atoms with Crippen LogP contribution in [0.4, 0.5) is 11.4 Å². The Morgan fingerprint density at radius 1 is 0.594 bits per heavy atom. The smallest absolute Gasteiger partial charge is 0.221 e. The molecule has 0 atom stereocenters. The highest BCUT2D eigenvalue weighted by molar-refractivity contribution is 5.90. The highest BCUT2D eigenvalue weighted by atomic mass is 16.2. The van der Waals surface area contributed by atoms with Gasteiger partial charge in [0.05, 0.1) is 11.4 Å². The van der Waals surface area contributed by atoms with E-state index in [1.54, 1.807) is 0 Å². The lowest BCUT2D eigenvalue weighted by Crippen LogP contribution is -2.05. The number of aromatic nitrogens is 2. The van der Waals surface area contributed by atoms with Crippen LogP contribution in [0.1, 0.15) is 13.8 Å². The fourth-order valence-corrected chi connectivity index (χ4v) is 3.35. The van der Waals surface area contributed by atoms with Gasteiger partial charge in [0, 0.05) is 41.9 Å². The van der Waals surface area contributed by atoms with Crippen molar-refractivity contribution in [1.82, 2.24) is 9.97 Å². The van der Waals surface area contributed by atoms with Crippen LogP contribution in [0.2, 0.25) is 0 Å². The van der Waals surface area contributed by atoms with Gasteiger partial charge in [-0.1, -0.05) is 54.6 Å². The van der Waals surface area contributed by atoms with Gasteiger partial charge in [0.1, 0.15) is 0 Å². The van der Waals surface area contributed by atoms with Crippen molar-refractivity contribution >= 4 is 23.2 Å². The molecule has 4 rings (SSSR count). The molecule has 2 N–H and O–H groups in total. The second-order valence-electron chi connectivity index (χ2n) is 7.35. The molecule has 0 saturated carbocycles. The summed E-state index contributed by atoms with van der Waals surface area (Å²) in [5.41, 5.74) is 5.60. The normalized spacial score (nSPS) is 10.4. The summed E-state index contributed by atoms with van der Waals surface area (Å²) >= 11 is 0. The van der Waals surface area contributed by atoms with E-state index in [4.69, 9.17) is 9.97 Å². The van der Waals surface area contributed by atoms with Crippen molar-refractivity contribution < 1.29 is 9.59 Å². The molecular formula is C26H22N4O2. The van der Waals surface area contributed by atoms with Crippen molar-refractivity contribution in [3.8, 4) is 33.9 Å². The molecule has 2 amide bonds. The standard InChI is InChI=1S/C26H22N4O2/c1-17(31)27-22-13-11-19(12-14-22)24-16-25(21-9-6-10-23(15-21)28-18(2)32)30-26(29-24)20-7-4-3-5-8-20/h3-16H,1-2H3,(H,27,31)(H,28,32). The van der Waals surface area contributed by atoms with E-state index >= 15 is 0 Å². The van der Waals surface area contributed by atoms with E-state index in [2.05, 4.69) is 10.6 Å². The maximum absolute atomic E-state index is 11.5. The summed E-state index contributed by atoms with van der Waals surface area (Å²) in [6.07, 6.45) is 0. The molecule has 0 aliphatic carbocycles. The van der Waals surface area contributed by atoms with E-state index in [0.29, 0.717) is 11.5 Å². The Labute approximate surface area is 186 Å². The van der Waals surface area contributed by atoms with Crippen molar-refractivity contribution in [3.63, 3.8) is 0 Å². The zero-order valence-electron chi connectivity index (χ0n) is 17.8. The van der Waals surface area contributed by atoms with Crippen molar-refractivity contribution in [2.45, 2.75) is 13.8 Å². The van der Waals surface area contributed by atoms with Crippen LogP contribution < -0.4 is 10.6 Å². The Morgan fingerprint density at radius 3 is 1.84 bits per heavy atom. The Kier molecular flexibility index (Phi) is 6.03. The van der Waals surface area contributed by atoms with Crippen LogP contribution in [-0.4, -0.2) is 21.8 Å². The summed E-state index contributed by atoms with van der Waals surface area (Å²) in [5, 5.41) is 5.59. The van der Waals surface area contributed by atoms with Gasteiger partial charge in [-0.15, -0.1) is 0 Å². The van der Waals surface area contributed by atoms with Crippen molar-refractivity contribution in [1.29, 1.82) is 0 Å². The van der Waals surface area contributed by atoms with E-state index in [1.165, 1.54) is 13.8 Å². The minimum absolute atomic E-state index is 0.118. The number of amides is 2. The van der Waals surface area contributed by atoms with Gasteiger partial charge in [0.2, 0.25) is 11.8 Å². The number of nitrogens with zero attached hydrogens (tertiary/aromatic N) is 2. The molecule has 6 heteroatoms. The molecular weight excluding hydrogens is 400 g/mol. The van der Waals surface area contributed by atoms with E-state index < -0.39 is 0 Å². The molecule has 0 aliphatic heterocycles. The summed E-state index contributed by atoms with van der Waals surface area (Å²) in [7, 11) is 0. The molecule has 1 aromatic heterocycles. The van der Waals surface area contributed by atoms with Crippen LogP contribution in [0.5, 0.6) is 0 Å². The molecule has 3 aromatic carbocycles. The Morgan fingerprint density at radius 2 is 1.19 bits per heavy atom. The number of hydrogen-bond acceptors (Lipinski definition) is 4. The number of anilines is 2. The average Bonchev–Trinajstić information content (AvgIpc) is 2.79. The fraction of sp³-hybridized carbons (Fsp3) is 0.0769. The van der Waals surface area contributed by atoms with Crippen LogP contribution in [0.25, 0.3) is 33.9 Å². The molecule has 0 radical (unpaired) electrons. The van der Waals surface area contributed by atoms with Crippen LogP contribution >= 0.6 is 0 Å². The number of carbonyl (C=O) groups excluding carboxylic acids is 2. The van der Waals surface area contributed by atoms with Crippen LogP contribution in [0, 0.1) is 0 Å². The first-order valence-corrected chi connectivity index (χ1v) is 10.2. The van der Waals surface area contributed by atoms with Gasteiger partial charge >= 0.3 is 0 Å². The highest BCUT2D eigenvalue weighted by Gasteiger charge is 2.11. The third-order valence-corrected chi connectivity index (χ3v) is 4.74. The summed E-state index contributed by atoms with van der Waals surface area (Å²) in [4.78, 5) is 32.4. The summed E-state index contributed by atoms with van der Waals surface area (Å²) in [6.45, 7) is 2.96. The molecule has 4 aromatic rings. The summed E-state index contributed by atoms with van der Waals surface area (Å²) in [6, 6.07) is 26.8. The van der Waals surface area contributed by atoms with Crippen LogP contribution in [0.3, 0.4) is 0 Å². The minimum atomic E-state index is -0.130. The Balaban J connectivity index is 1.80. The first-order chi connectivity index (χ1) is 15.5. The molecule has 158 valence electrons. The molecule has 0 saturated heterocycles. The first kappa shape index (κ1) is 20.9. The second-order valence-corrected chi connectivity index (χ2v) is 7.35. The Hall–Kier alpha value is -4.32. The zero-order valence-corrected chi connectivity index (χ0v) is 17.8. The van der Waals surface area contributed by atoms with Crippen molar-refractivity contribution in [3.05, 3.63) is 84.9 Å². The topological polar surface area (TPSA) is 84.0 Å². The van der Waals surface area contributed by atoms with E-state index in [1.807, 2.05) is 84.9 Å². The van der Waals surface area contributed by atoms with Gasteiger partial charge in [-0.25, -0.2) is 9.97 Å². The van der Waals surface area contributed by atoms with Crippen molar-refractivity contribution in [2.75, 3.05) is 10.6 Å². The van der Waals surface area contributed by atoms with Gasteiger partial charge in [0.25, 0.3) is 0 Å². The molecule has 0 spiro atoms. The lowest BCUT2D eigenvalue weighted by molar-refractivity contribution is -0.115. The lowest BCUT2D eigenvalue weighted by atomic mass is 10.1. The predicted octanol–water partition coefficient (Wildman–Crippen LogP) is 5.39. The fourth-order valence-electron chi connectivity index (χ4n) is 3.35. The summed E-state index contributed by atoms with van der Waals surface area (Å²) in [5.74, 6) is 0.358. The van der Waals surface area contributed by atoms with Crippen molar-refractivity contribution in [2.24, 2.45) is 0 Å². The van der Waals surface area contributed by atoms with Crippen LogP contribution in [-0.2, 0) is 9.59 Å². The molecule has 0 unspecified atom stereocenters. The number of hydrogen-bond donors (Lipinski definition) is 2. The first-order valence-electron chi connectivity index (χ1n) is 10.2. The van der Waals surface area contributed by atoms with E-state index in [-0.39, 0.29) is 11.8 Å². The molecule has 0 fully saturated rings. The van der Waals surface area contributed by atoms with Gasteiger partial charge < -0.3 is 10.6 Å². The number of carbonyl (C=O) groups is 2. The molecule has 1 heterocycles. The molecule has 0 aliphatic rings. The predicted molar refractivity (Wildman–Crippen MR) is 127 cm³/mol. The third-order valence-electron chi connectivity index (χ3n) is 4.74. The second kappa shape index (κ2) is 9.22. The maximum atomic E-state index is 11.5. The van der Waals surface area contributed by atoms with Crippen LogP contribution in [0.15, 0.2) is 84.9 Å². The van der Waals surface area contributed by atoms with Gasteiger partial charge in [-0.2, -0.15) is 0 Å². The largest absolute Gasteiger partial charge is 0.326 e. The number of nitrogens with one attached hydrogen (secondary N) is 2. The number of benzene rings is 3. The third kappa shape index (κ3) is 5.05. The highest BCUT2D eigenvalue weighted by Crippen LogP contribution is 2.29. The van der Waals surface area contributed by atoms with Gasteiger partial charge in [-0.3, -0.25) is 9.59 Å². The van der Waals surface area contributed by atoms with Gasteiger partial charge in [0.15, 0.2) is 5.82 Å². The molecule has 0 bridgehead atoms. The lowest BCUT2D eigenvalue weighted by Gasteiger charge is -2.11. The SMILES string of the molecule is CC(=O)Nc1ccc(-c2cc(-c3cccc(NC(C)=O)c3)nc(-c3ccccc3)n2)cc1. The summed E-state index contributed by atoms with van der Waals surface area (Å²) < 4.78 is 0. The molecule has 32 heavy (non-hydrogen) atoms. The maximum Gasteiger partial charge on any atom is 0.221 e.